The van der Waals surface area contributed by atoms with Gasteiger partial charge in [-0.05, 0) is 75.5 Å². The van der Waals surface area contributed by atoms with Gasteiger partial charge in [0.2, 0.25) is 0 Å². The van der Waals surface area contributed by atoms with Crippen LogP contribution in [-0.2, 0) is 6.54 Å². The topological polar surface area (TPSA) is 17.0 Å². The summed E-state index contributed by atoms with van der Waals surface area (Å²) in [6, 6.07) is 9.02. The summed E-state index contributed by atoms with van der Waals surface area (Å²) in [6.07, 6.45) is 2.49. The van der Waals surface area contributed by atoms with Gasteiger partial charge in [0.15, 0.2) is 0 Å². The number of rotatable bonds is 6. The van der Waals surface area contributed by atoms with E-state index in [9.17, 15) is 0 Å². The molecule has 0 aliphatic rings. The summed E-state index contributed by atoms with van der Waals surface area (Å²) in [6.45, 7) is 13.1. The molecule has 2 rings (SSSR count). The van der Waals surface area contributed by atoms with Gasteiger partial charge in [0.25, 0.3) is 0 Å². The SMILES string of the molecule is CCCCNCc1cc(C)n(-c2ccc(C)c(C)c2)c1C. The van der Waals surface area contributed by atoms with E-state index in [0.29, 0.717) is 0 Å². The number of unbranched alkanes of at least 4 members (excludes halogenated alkanes) is 1. The highest BCUT2D eigenvalue weighted by molar-refractivity contribution is 5.45. The third kappa shape index (κ3) is 3.56. The van der Waals surface area contributed by atoms with Gasteiger partial charge >= 0.3 is 0 Å². The molecule has 0 saturated heterocycles. The first-order chi connectivity index (χ1) is 10.0. The van der Waals surface area contributed by atoms with Crippen LogP contribution in [-0.4, -0.2) is 11.1 Å². The molecule has 1 N–H and O–H groups in total. The first kappa shape index (κ1) is 15.8. The lowest BCUT2D eigenvalue weighted by Gasteiger charge is -2.12. The van der Waals surface area contributed by atoms with Crippen LogP contribution in [0, 0.1) is 27.7 Å². The Labute approximate surface area is 129 Å². The van der Waals surface area contributed by atoms with Gasteiger partial charge in [0, 0.05) is 23.6 Å². The lowest BCUT2D eigenvalue weighted by molar-refractivity contribution is 0.639. The fraction of sp³-hybridized carbons (Fsp3) is 0.474. The zero-order chi connectivity index (χ0) is 15.4. The number of hydrogen-bond donors (Lipinski definition) is 1. The minimum absolute atomic E-state index is 0.963. The maximum atomic E-state index is 3.54. The van der Waals surface area contributed by atoms with Crippen LogP contribution in [0.3, 0.4) is 0 Å². The highest BCUT2D eigenvalue weighted by Gasteiger charge is 2.10. The largest absolute Gasteiger partial charge is 0.318 e. The minimum atomic E-state index is 0.963. The monoisotopic (exact) mass is 284 g/mol. The van der Waals surface area contributed by atoms with Crippen LogP contribution in [0.25, 0.3) is 5.69 Å². The molecule has 2 aromatic rings. The van der Waals surface area contributed by atoms with Crippen molar-refractivity contribution in [2.24, 2.45) is 0 Å². The van der Waals surface area contributed by atoms with Crippen molar-refractivity contribution in [2.45, 2.75) is 54.0 Å². The summed E-state index contributed by atoms with van der Waals surface area (Å²) in [5.74, 6) is 0. The van der Waals surface area contributed by atoms with Crippen molar-refractivity contribution >= 4 is 0 Å². The molecule has 0 unspecified atom stereocenters. The Morgan fingerprint density at radius 1 is 1.00 bits per heavy atom. The third-order valence-corrected chi connectivity index (χ3v) is 4.31. The van der Waals surface area contributed by atoms with Crippen molar-refractivity contribution in [1.82, 2.24) is 9.88 Å². The zero-order valence-corrected chi connectivity index (χ0v) is 14.1. The molecule has 0 radical (unpaired) electrons. The van der Waals surface area contributed by atoms with Crippen LogP contribution in [0.15, 0.2) is 24.3 Å². The maximum Gasteiger partial charge on any atom is 0.0457 e. The lowest BCUT2D eigenvalue weighted by Crippen LogP contribution is -2.14. The molecule has 114 valence electrons. The summed E-state index contributed by atoms with van der Waals surface area (Å²) in [4.78, 5) is 0. The van der Waals surface area contributed by atoms with Gasteiger partial charge < -0.3 is 9.88 Å². The van der Waals surface area contributed by atoms with Crippen molar-refractivity contribution in [3.63, 3.8) is 0 Å². The maximum absolute atomic E-state index is 3.54. The molecule has 0 bridgehead atoms. The second-order valence-electron chi connectivity index (χ2n) is 6.03. The van der Waals surface area contributed by atoms with Crippen LogP contribution >= 0.6 is 0 Å². The van der Waals surface area contributed by atoms with Gasteiger partial charge in [-0.3, -0.25) is 0 Å². The first-order valence-corrected chi connectivity index (χ1v) is 8.00. The quantitative estimate of drug-likeness (QED) is 0.767. The van der Waals surface area contributed by atoms with Crippen molar-refractivity contribution in [3.8, 4) is 5.69 Å². The predicted octanol–water partition coefficient (Wildman–Crippen LogP) is 4.60. The van der Waals surface area contributed by atoms with E-state index in [-0.39, 0.29) is 0 Å². The Hall–Kier alpha value is -1.54. The number of nitrogens with one attached hydrogen (secondary N) is 1. The van der Waals surface area contributed by atoms with Crippen LogP contribution in [0.2, 0.25) is 0 Å². The molecule has 1 aromatic carbocycles. The van der Waals surface area contributed by atoms with Gasteiger partial charge in [-0.2, -0.15) is 0 Å². The molecular formula is C19H28N2. The fourth-order valence-corrected chi connectivity index (χ4v) is 2.80. The smallest absolute Gasteiger partial charge is 0.0457 e. The first-order valence-electron chi connectivity index (χ1n) is 8.00. The number of benzene rings is 1. The molecule has 21 heavy (non-hydrogen) atoms. The zero-order valence-electron chi connectivity index (χ0n) is 14.1. The number of nitrogens with zero attached hydrogens (tertiary/aromatic N) is 1. The molecule has 0 spiro atoms. The molecule has 2 nitrogen and oxygen atoms in total. The van der Waals surface area contributed by atoms with E-state index in [1.807, 2.05) is 0 Å². The van der Waals surface area contributed by atoms with E-state index in [1.165, 1.54) is 46.6 Å². The van der Waals surface area contributed by atoms with E-state index in [1.54, 1.807) is 0 Å². The minimum Gasteiger partial charge on any atom is -0.318 e. The van der Waals surface area contributed by atoms with Gasteiger partial charge in [-0.25, -0.2) is 0 Å². The summed E-state index contributed by atoms with van der Waals surface area (Å²) >= 11 is 0. The van der Waals surface area contributed by atoms with Gasteiger partial charge in [0.05, 0.1) is 0 Å². The van der Waals surface area contributed by atoms with Crippen LogP contribution < -0.4 is 5.32 Å². The summed E-state index contributed by atoms with van der Waals surface area (Å²) < 4.78 is 2.36. The van der Waals surface area contributed by atoms with E-state index in [2.05, 4.69) is 68.8 Å². The number of hydrogen-bond acceptors (Lipinski definition) is 1. The second-order valence-corrected chi connectivity index (χ2v) is 6.03. The molecule has 0 saturated carbocycles. The lowest BCUT2D eigenvalue weighted by atomic mass is 10.1. The van der Waals surface area contributed by atoms with Crippen LogP contribution in [0.1, 0.15) is 47.8 Å². The molecule has 1 heterocycles. The third-order valence-electron chi connectivity index (χ3n) is 4.31. The van der Waals surface area contributed by atoms with Crippen molar-refractivity contribution in [2.75, 3.05) is 6.54 Å². The van der Waals surface area contributed by atoms with Crippen LogP contribution in [0.4, 0.5) is 0 Å². The van der Waals surface area contributed by atoms with Gasteiger partial charge in [-0.15, -0.1) is 0 Å². The Kier molecular flexibility index (Phi) is 5.24. The van der Waals surface area contributed by atoms with E-state index >= 15 is 0 Å². The molecule has 0 aliphatic carbocycles. The predicted molar refractivity (Wildman–Crippen MR) is 91.3 cm³/mol. The Bertz CT molecular complexity index is 608. The fourth-order valence-electron chi connectivity index (χ4n) is 2.80. The normalized spacial score (nSPS) is 11.1. The molecule has 0 atom stereocenters. The van der Waals surface area contributed by atoms with E-state index < -0.39 is 0 Å². The molecule has 0 amide bonds. The Balaban J connectivity index is 2.24. The number of aryl methyl sites for hydroxylation is 3. The second kappa shape index (κ2) is 6.95. The summed E-state index contributed by atoms with van der Waals surface area (Å²) in [5.41, 5.74) is 8.03. The molecule has 1 aromatic heterocycles. The van der Waals surface area contributed by atoms with Crippen molar-refractivity contribution < 1.29 is 0 Å². The molecule has 2 heteroatoms. The summed E-state index contributed by atoms with van der Waals surface area (Å²) in [5, 5.41) is 3.54. The molecular weight excluding hydrogens is 256 g/mol. The van der Waals surface area contributed by atoms with E-state index in [0.717, 1.165) is 13.1 Å². The van der Waals surface area contributed by atoms with Crippen molar-refractivity contribution in [1.29, 1.82) is 0 Å². The highest BCUT2D eigenvalue weighted by atomic mass is 15.0. The average molecular weight is 284 g/mol. The van der Waals surface area contributed by atoms with Gasteiger partial charge in [-0.1, -0.05) is 19.4 Å². The molecule has 0 fully saturated rings. The highest BCUT2D eigenvalue weighted by Crippen LogP contribution is 2.22. The number of aromatic nitrogens is 1. The summed E-state index contributed by atoms with van der Waals surface area (Å²) in [7, 11) is 0. The average Bonchev–Trinajstić information content (AvgIpc) is 2.73. The van der Waals surface area contributed by atoms with Crippen LogP contribution in [0.5, 0.6) is 0 Å². The van der Waals surface area contributed by atoms with E-state index in [4.69, 9.17) is 0 Å². The standard InChI is InChI=1S/C19H28N2/c1-6-7-10-20-13-18-12-16(4)21(17(18)5)19-9-8-14(2)15(3)11-19/h8-9,11-12,20H,6-7,10,13H2,1-5H3. The van der Waals surface area contributed by atoms with Crippen molar-refractivity contribution in [3.05, 3.63) is 52.3 Å². The van der Waals surface area contributed by atoms with Gasteiger partial charge in [0.1, 0.15) is 0 Å². The molecule has 0 aliphatic heterocycles. The Morgan fingerprint density at radius 3 is 2.43 bits per heavy atom. The Morgan fingerprint density at radius 2 is 1.76 bits per heavy atom.